The lowest BCUT2D eigenvalue weighted by molar-refractivity contribution is 0.956. The summed E-state index contributed by atoms with van der Waals surface area (Å²) in [4.78, 5) is 12.5. The van der Waals surface area contributed by atoms with Gasteiger partial charge in [-0.15, -0.1) is 0 Å². The molecule has 0 unspecified atom stereocenters. The predicted octanol–water partition coefficient (Wildman–Crippen LogP) is 4.64. The van der Waals surface area contributed by atoms with Gasteiger partial charge >= 0.3 is 0 Å². The van der Waals surface area contributed by atoms with Gasteiger partial charge in [-0.25, -0.2) is 9.97 Å². The fraction of sp³-hybridized carbons (Fsp3) is 0.304. The number of anilines is 3. The molecule has 0 saturated heterocycles. The van der Waals surface area contributed by atoms with Gasteiger partial charge in [-0.3, -0.25) is 0 Å². The van der Waals surface area contributed by atoms with Gasteiger partial charge in [0.25, 0.3) is 0 Å². The summed E-state index contributed by atoms with van der Waals surface area (Å²) in [6.07, 6.45) is 0. The predicted molar refractivity (Wildman–Crippen MR) is 123 cm³/mol. The molecule has 0 aliphatic rings. The van der Waals surface area contributed by atoms with Crippen LogP contribution in [0.2, 0.25) is 0 Å². The van der Waals surface area contributed by atoms with E-state index < -0.39 is 0 Å². The molecule has 1 N–H and O–H groups in total. The molecular formula is C23H33N5. The lowest BCUT2D eigenvalue weighted by atomic mass is 10.3. The number of para-hydroxylation sites is 2. The molecule has 0 saturated carbocycles. The molecular weight excluding hydrogens is 346 g/mol. The molecule has 0 amide bonds. The average Bonchev–Trinajstić information content (AvgIpc) is 2.69. The molecule has 0 fully saturated rings. The van der Waals surface area contributed by atoms with E-state index in [1.807, 2.05) is 109 Å². The van der Waals surface area contributed by atoms with Gasteiger partial charge in [0.05, 0.1) is 0 Å². The second kappa shape index (κ2) is 12.3. The van der Waals surface area contributed by atoms with E-state index in [9.17, 15) is 0 Å². The summed E-state index contributed by atoms with van der Waals surface area (Å²) in [5.74, 6) is 0.780. The Morgan fingerprint density at radius 1 is 0.679 bits per heavy atom. The number of aromatic nitrogens is 2. The molecule has 2 aromatic carbocycles. The summed E-state index contributed by atoms with van der Waals surface area (Å²) in [6.45, 7) is 3.95. The molecule has 3 aromatic rings. The maximum absolute atomic E-state index is 4.25. The van der Waals surface area contributed by atoms with E-state index in [1.165, 1.54) is 5.69 Å². The number of hydrogen-bond acceptors (Lipinski definition) is 5. The number of hydrogen-bond donors (Lipinski definition) is 1. The molecule has 1 aromatic heterocycles. The van der Waals surface area contributed by atoms with Gasteiger partial charge in [0.2, 0.25) is 5.95 Å². The van der Waals surface area contributed by atoms with Crippen LogP contribution in [0.25, 0.3) is 0 Å². The van der Waals surface area contributed by atoms with E-state index in [2.05, 4.69) is 32.3 Å². The number of rotatable bonds is 3. The Bertz CT molecular complexity index is 766. The summed E-state index contributed by atoms with van der Waals surface area (Å²) in [6, 6.07) is 22.3. The fourth-order valence-electron chi connectivity index (χ4n) is 2.24. The van der Waals surface area contributed by atoms with Crippen molar-refractivity contribution in [3.63, 3.8) is 0 Å². The lowest BCUT2D eigenvalue weighted by Gasteiger charge is -2.10. The Morgan fingerprint density at radius 2 is 1.14 bits per heavy atom. The van der Waals surface area contributed by atoms with Crippen molar-refractivity contribution in [1.29, 1.82) is 0 Å². The highest BCUT2D eigenvalue weighted by Crippen LogP contribution is 2.07. The number of aryl methyl sites for hydroxylation is 2. The van der Waals surface area contributed by atoms with Gasteiger partial charge in [0.15, 0.2) is 0 Å². The molecule has 0 aliphatic carbocycles. The van der Waals surface area contributed by atoms with Crippen molar-refractivity contribution in [2.45, 2.75) is 13.8 Å². The van der Waals surface area contributed by atoms with Crippen LogP contribution in [-0.4, -0.2) is 45.2 Å². The Hall–Kier alpha value is -3.08. The molecule has 5 heteroatoms. The fourth-order valence-corrected chi connectivity index (χ4v) is 2.24. The van der Waals surface area contributed by atoms with Crippen LogP contribution >= 0.6 is 0 Å². The molecule has 28 heavy (non-hydrogen) atoms. The van der Waals surface area contributed by atoms with Crippen molar-refractivity contribution < 1.29 is 0 Å². The Morgan fingerprint density at radius 3 is 1.46 bits per heavy atom. The third-order valence-electron chi connectivity index (χ3n) is 3.71. The van der Waals surface area contributed by atoms with E-state index in [4.69, 9.17) is 0 Å². The van der Waals surface area contributed by atoms with Crippen molar-refractivity contribution in [3.8, 4) is 0 Å². The van der Waals surface area contributed by atoms with Crippen LogP contribution < -0.4 is 15.1 Å². The SMILES string of the molecule is CN(C)c1ccccc1.CNc1ccccc1.Cc1cc(C)nc(N(C)C)n1. The third kappa shape index (κ3) is 9.03. The molecule has 0 spiro atoms. The maximum Gasteiger partial charge on any atom is 0.225 e. The van der Waals surface area contributed by atoms with E-state index in [1.54, 1.807) is 0 Å². The average molecular weight is 380 g/mol. The van der Waals surface area contributed by atoms with Gasteiger partial charge in [-0.05, 0) is 44.2 Å². The normalized spacial score (nSPS) is 9.25. The summed E-state index contributed by atoms with van der Waals surface area (Å²) in [7, 11) is 9.86. The molecule has 0 bridgehead atoms. The first-order chi connectivity index (χ1) is 13.3. The van der Waals surface area contributed by atoms with Crippen molar-refractivity contribution in [2.75, 3.05) is 50.4 Å². The van der Waals surface area contributed by atoms with Crippen molar-refractivity contribution in [1.82, 2.24) is 9.97 Å². The molecule has 3 rings (SSSR count). The molecule has 1 heterocycles. The topological polar surface area (TPSA) is 44.3 Å². The minimum atomic E-state index is 0.780. The smallest absolute Gasteiger partial charge is 0.225 e. The monoisotopic (exact) mass is 379 g/mol. The van der Waals surface area contributed by atoms with Gasteiger partial charge in [0.1, 0.15) is 0 Å². The van der Waals surface area contributed by atoms with Crippen LogP contribution in [0.4, 0.5) is 17.3 Å². The first kappa shape index (κ1) is 23.0. The summed E-state index contributed by atoms with van der Waals surface area (Å²) >= 11 is 0. The van der Waals surface area contributed by atoms with Crippen molar-refractivity contribution in [3.05, 3.63) is 78.1 Å². The summed E-state index contributed by atoms with van der Waals surface area (Å²) < 4.78 is 0. The Labute approximate surface area is 170 Å². The van der Waals surface area contributed by atoms with Crippen LogP contribution in [0.1, 0.15) is 11.4 Å². The van der Waals surface area contributed by atoms with Crippen LogP contribution in [0, 0.1) is 13.8 Å². The Kier molecular flexibility index (Phi) is 10.1. The van der Waals surface area contributed by atoms with Gasteiger partial charge in [0, 0.05) is 58.0 Å². The second-order valence-corrected chi connectivity index (χ2v) is 6.69. The summed E-state index contributed by atoms with van der Waals surface area (Å²) in [5.41, 5.74) is 4.44. The Balaban J connectivity index is 0.000000213. The van der Waals surface area contributed by atoms with E-state index in [0.29, 0.717) is 0 Å². The van der Waals surface area contributed by atoms with Crippen LogP contribution in [0.15, 0.2) is 66.7 Å². The highest BCUT2D eigenvalue weighted by molar-refractivity contribution is 5.43. The number of nitrogens with zero attached hydrogens (tertiary/aromatic N) is 4. The first-order valence-electron chi connectivity index (χ1n) is 9.28. The third-order valence-corrected chi connectivity index (χ3v) is 3.71. The zero-order valence-electron chi connectivity index (χ0n) is 18.1. The number of benzene rings is 2. The van der Waals surface area contributed by atoms with Crippen molar-refractivity contribution in [2.24, 2.45) is 0 Å². The van der Waals surface area contributed by atoms with Gasteiger partial charge < -0.3 is 15.1 Å². The van der Waals surface area contributed by atoms with E-state index in [-0.39, 0.29) is 0 Å². The molecule has 150 valence electrons. The van der Waals surface area contributed by atoms with Crippen LogP contribution in [-0.2, 0) is 0 Å². The number of nitrogens with one attached hydrogen (secondary N) is 1. The minimum absolute atomic E-state index is 0.780. The zero-order valence-corrected chi connectivity index (χ0v) is 18.1. The second-order valence-electron chi connectivity index (χ2n) is 6.69. The highest BCUT2D eigenvalue weighted by atomic mass is 15.2. The quantitative estimate of drug-likeness (QED) is 0.718. The van der Waals surface area contributed by atoms with Gasteiger partial charge in [-0.2, -0.15) is 0 Å². The zero-order chi connectivity index (χ0) is 20.9. The molecule has 0 atom stereocenters. The standard InChI is InChI=1S/C8H13N3.C8H11N.C7H9N/c1-6-5-7(2)10-8(9-6)11(3)4;1-9(2)8-6-4-3-5-7-8;1-8-7-5-3-2-4-6-7/h5H,1-4H3;3-7H,1-2H3;2-6,8H,1H3. The maximum atomic E-state index is 4.25. The largest absolute Gasteiger partial charge is 0.388 e. The molecule has 0 radical (unpaired) electrons. The van der Waals surface area contributed by atoms with E-state index >= 15 is 0 Å². The molecule has 5 nitrogen and oxygen atoms in total. The van der Waals surface area contributed by atoms with Crippen LogP contribution in [0.5, 0.6) is 0 Å². The minimum Gasteiger partial charge on any atom is -0.388 e. The summed E-state index contributed by atoms with van der Waals surface area (Å²) in [5, 5.41) is 3.03. The van der Waals surface area contributed by atoms with Crippen molar-refractivity contribution >= 4 is 17.3 Å². The first-order valence-corrected chi connectivity index (χ1v) is 9.28. The van der Waals surface area contributed by atoms with E-state index in [0.717, 1.165) is 23.0 Å². The van der Waals surface area contributed by atoms with Gasteiger partial charge in [-0.1, -0.05) is 36.4 Å². The highest BCUT2D eigenvalue weighted by Gasteiger charge is 1.99. The lowest BCUT2D eigenvalue weighted by Crippen LogP contribution is -2.13. The van der Waals surface area contributed by atoms with Crippen LogP contribution in [0.3, 0.4) is 0 Å². The molecule has 0 aliphatic heterocycles.